The summed E-state index contributed by atoms with van der Waals surface area (Å²) >= 11 is 0. The fourth-order valence-electron chi connectivity index (χ4n) is 2.50. The Labute approximate surface area is 133 Å². The van der Waals surface area contributed by atoms with Crippen LogP contribution in [0.2, 0.25) is 0 Å². The molecule has 4 heteroatoms. The second kappa shape index (κ2) is 7.61. The minimum Gasteiger partial charge on any atom is -0.465 e. The summed E-state index contributed by atoms with van der Waals surface area (Å²) in [5.41, 5.74) is 0.0248. The summed E-state index contributed by atoms with van der Waals surface area (Å²) in [6, 6.07) is 0. The van der Waals surface area contributed by atoms with E-state index in [0.29, 0.717) is 12.8 Å². The third-order valence-electron chi connectivity index (χ3n) is 3.60. The Morgan fingerprint density at radius 1 is 1.18 bits per heavy atom. The molecule has 0 aromatic rings. The number of allylic oxidation sites excluding steroid dienone is 4. The number of ether oxygens (including phenoxy) is 2. The maximum absolute atomic E-state index is 12.3. The van der Waals surface area contributed by atoms with Crippen molar-refractivity contribution in [3.8, 4) is 0 Å². The highest BCUT2D eigenvalue weighted by molar-refractivity contribution is 6.01. The van der Waals surface area contributed by atoms with E-state index < -0.39 is 17.4 Å². The van der Waals surface area contributed by atoms with Crippen molar-refractivity contribution < 1.29 is 19.1 Å². The Hall–Kier alpha value is -1.58. The fraction of sp³-hybridized carbons (Fsp3) is 0.667. The number of esters is 2. The molecule has 1 aliphatic rings. The van der Waals surface area contributed by atoms with E-state index in [0.717, 1.165) is 12.0 Å². The van der Waals surface area contributed by atoms with Gasteiger partial charge in [0.15, 0.2) is 5.41 Å². The van der Waals surface area contributed by atoms with Gasteiger partial charge in [-0.15, -0.1) is 0 Å². The quantitative estimate of drug-likeness (QED) is 0.425. The zero-order valence-electron chi connectivity index (χ0n) is 14.4. The predicted octanol–water partition coefficient (Wildman–Crippen LogP) is 3.81. The van der Waals surface area contributed by atoms with E-state index in [1.807, 2.05) is 6.08 Å². The van der Waals surface area contributed by atoms with Crippen molar-refractivity contribution in [3.63, 3.8) is 0 Å². The van der Waals surface area contributed by atoms with Crippen LogP contribution in [0, 0.1) is 10.8 Å². The smallest absolute Gasteiger partial charge is 0.324 e. The van der Waals surface area contributed by atoms with Crippen LogP contribution < -0.4 is 0 Å². The van der Waals surface area contributed by atoms with Gasteiger partial charge in [-0.25, -0.2) is 0 Å². The first-order valence-electron chi connectivity index (χ1n) is 7.95. The van der Waals surface area contributed by atoms with Crippen LogP contribution in [0.15, 0.2) is 23.8 Å². The van der Waals surface area contributed by atoms with Gasteiger partial charge in [-0.2, -0.15) is 0 Å². The average Bonchev–Trinajstić information content (AvgIpc) is 2.83. The molecule has 4 nitrogen and oxygen atoms in total. The lowest BCUT2D eigenvalue weighted by molar-refractivity contribution is -0.171. The Bertz CT molecular complexity index is 448. The van der Waals surface area contributed by atoms with E-state index in [4.69, 9.17) is 9.47 Å². The van der Waals surface area contributed by atoms with E-state index in [9.17, 15) is 9.59 Å². The second-order valence-electron chi connectivity index (χ2n) is 6.74. The van der Waals surface area contributed by atoms with Crippen molar-refractivity contribution in [2.45, 2.75) is 53.9 Å². The molecule has 22 heavy (non-hydrogen) atoms. The van der Waals surface area contributed by atoms with Crippen LogP contribution in [0.25, 0.3) is 0 Å². The molecule has 0 bridgehead atoms. The van der Waals surface area contributed by atoms with Gasteiger partial charge in [-0.3, -0.25) is 9.59 Å². The molecule has 0 fully saturated rings. The minimum absolute atomic E-state index is 0.124. The van der Waals surface area contributed by atoms with Crippen LogP contribution in [-0.2, 0) is 19.1 Å². The van der Waals surface area contributed by atoms with Crippen LogP contribution in [0.3, 0.4) is 0 Å². The summed E-state index contributed by atoms with van der Waals surface area (Å²) in [4.78, 5) is 24.6. The number of hydrogen-bond acceptors (Lipinski definition) is 4. The molecular formula is C18H28O4. The lowest BCUT2D eigenvalue weighted by Gasteiger charge is -2.24. The SMILES string of the molecule is CCOC(=O)C1(C(=O)OCC)CC=C(C/C=C/C(C)(C)C)C1. The molecule has 0 aliphatic heterocycles. The summed E-state index contributed by atoms with van der Waals surface area (Å²) in [5.74, 6) is -0.945. The Morgan fingerprint density at radius 2 is 1.73 bits per heavy atom. The van der Waals surface area contributed by atoms with Gasteiger partial charge < -0.3 is 9.47 Å². The van der Waals surface area contributed by atoms with Gasteiger partial charge in [0.2, 0.25) is 0 Å². The topological polar surface area (TPSA) is 52.6 Å². The van der Waals surface area contributed by atoms with Gasteiger partial charge in [-0.1, -0.05) is 44.6 Å². The van der Waals surface area contributed by atoms with Crippen LogP contribution in [0.1, 0.15) is 53.9 Å². The summed E-state index contributed by atoms with van der Waals surface area (Å²) in [5, 5.41) is 0. The molecule has 0 radical (unpaired) electrons. The monoisotopic (exact) mass is 308 g/mol. The van der Waals surface area contributed by atoms with Gasteiger partial charge in [0, 0.05) is 0 Å². The molecule has 0 aromatic heterocycles. The molecule has 0 N–H and O–H groups in total. The molecule has 0 saturated carbocycles. The molecule has 0 heterocycles. The van der Waals surface area contributed by atoms with Crippen molar-refractivity contribution >= 4 is 11.9 Å². The van der Waals surface area contributed by atoms with Crippen molar-refractivity contribution in [2.24, 2.45) is 10.8 Å². The Kier molecular flexibility index (Phi) is 6.39. The standard InChI is InChI=1S/C18H28O4/c1-6-21-15(19)18(16(20)22-7-2)12-10-14(13-18)9-8-11-17(3,4)5/h8,10-11H,6-7,9,12-13H2,1-5H3/b11-8+. The highest BCUT2D eigenvalue weighted by Crippen LogP contribution is 2.41. The Morgan fingerprint density at radius 3 is 2.18 bits per heavy atom. The first kappa shape index (κ1) is 18.5. The maximum atomic E-state index is 12.3. The van der Waals surface area contributed by atoms with E-state index >= 15 is 0 Å². The van der Waals surface area contributed by atoms with Crippen molar-refractivity contribution in [1.29, 1.82) is 0 Å². The highest BCUT2D eigenvalue weighted by Gasteiger charge is 2.50. The van der Waals surface area contributed by atoms with Crippen LogP contribution >= 0.6 is 0 Å². The third kappa shape index (κ3) is 4.72. The number of carbonyl (C=O) groups is 2. The fourth-order valence-corrected chi connectivity index (χ4v) is 2.50. The lowest BCUT2D eigenvalue weighted by Crippen LogP contribution is -2.40. The van der Waals surface area contributed by atoms with Gasteiger partial charge >= 0.3 is 11.9 Å². The number of hydrogen-bond donors (Lipinski definition) is 0. The van der Waals surface area contributed by atoms with Gasteiger partial charge in [0.1, 0.15) is 0 Å². The Balaban J connectivity index is 2.81. The highest BCUT2D eigenvalue weighted by atomic mass is 16.6. The second-order valence-corrected chi connectivity index (χ2v) is 6.74. The van der Waals surface area contributed by atoms with Crippen LogP contribution in [0.5, 0.6) is 0 Å². The first-order valence-corrected chi connectivity index (χ1v) is 7.95. The van der Waals surface area contributed by atoms with Crippen molar-refractivity contribution in [1.82, 2.24) is 0 Å². The molecule has 124 valence electrons. The number of carbonyl (C=O) groups excluding carboxylic acids is 2. The number of rotatable bonds is 6. The molecule has 1 aliphatic carbocycles. The molecule has 0 aromatic carbocycles. The summed E-state index contributed by atoms with van der Waals surface area (Å²) in [6.07, 6.45) is 7.71. The summed E-state index contributed by atoms with van der Waals surface area (Å²) in [6.45, 7) is 10.4. The molecule has 1 rings (SSSR count). The van der Waals surface area contributed by atoms with E-state index in [1.54, 1.807) is 13.8 Å². The van der Waals surface area contributed by atoms with E-state index in [1.165, 1.54) is 0 Å². The zero-order valence-corrected chi connectivity index (χ0v) is 14.4. The van der Waals surface area contributed by atoms with Crippen molar-refractivity contribution in [3.05, 3.63) is 23.8 Å². The van der Waals surface area contributed by atoms with E-state index in [2.05, 4.69) is 32.9 Å². The summed E-state index contributed by atoms with van der Waals surface area (Å²) in [7, 11) is 0. The van der Waals surface area contributed by atoms with Crippen LogP contribution in [-0.4, -0.2) is 25.2 Å². The molecular weight excluding hydrogens is 280 g/mol. The third-order valence-corrected chi connectivity index (χ3v) is 3.60. The molecule has 0 atom stereocenters. The lowest BCUT2D eigenvalue weighted by atomic mass is 9.84. The molecule has 0 unspecified atom stereocenters. The van der Waals surface area contributed by atoms with E-state index in [-0.39, 0.29) is 18.6 Å². The van der Waals surface area contributed by atoms with Gasteiger partial charge in [-0.05, 0) is 38.5 Å². The average molecular weight is 308 g/mol. The predicted molar refractivity (Wildman–Crippen MR) is 86.2 cm³/mol. The zero-order chi connectivity index (χ0) is 16.8. The first-order chi connectivity index (χ1) is 10.2. The maximum Gasteiger partial charge on any atom is 0.324 e. The minimum atomic E-state index is -1.18. The van der Waals surface area contributed by atoms with Gasteiger partial charge in [0.05, 0.1) is 13.2 Å². The van der Waals surface area contributed by atoms with Crippen LogP contribution in [0.4, 0.5) is 0 Å². The summed E-state index contributed by atoms with van der Waals surface area (Å²) < 4.78 is 10.2. The molecule has 0 amide bonds. The van der Waals surface area contributed by atoms with Gasteiger partial charge in [0.25, 0.3) is 0 Å². The van der Waals surface area contributed by atoms with Crippen molar-refractivity contribution in [2.75, 3.05) is 13.2 Å². The molecule has 0 spiro atoms. The largest absolute Gasteiger partial charge is 0.465 e. The molecule has 0 saturated heterocycles. The normalized spacial score (nSPS) is 17.4.